The van der Waals surface area contributed by atoms with Gasteiger partial charge in [-0.05, 0) is 38.9 Å². The van der Waals surface area contributed by atoms with E-state index in [4.69, 9.17) is 18.6 Å². The van der Waals surface area contributed by atoms with E-state index < -0.39 is 25.8 Å². The van der Waals surface area contributed by atoms with Crippen molar-refractivity contribution in [3.05, 3.63) is 0 Å². The first-order valence-electron chi connectivity index (χ1n) is 9.11. The third kappa shape index (κ3) is 3.95. The van der Waals surface area contributed by atoms with Gasteiger partial charge in [0.2, 0.25) is 0 Å². The molecule has 1 saturated carbocycles. The van der Waals surface area contributed by atoms with Gasteiger partial charge in [0.15, 0.2) is 14.1 Å². The molecule has 0 spiro atoms. The Balaban J connectivity index is 2.15. The second kappa shape index (κ2) is 6.60. The molecule has 1 aliphatic carbocycles. The smallest absolute Gasteiger partial charge is 0.306 e. The van der Waals surface area contributed by atoms with Crippen LogP contribution < -0.4 is 0 Å². The van der Waals surface area contributed by atoms with Crippen molar-refractivity contribution in [1.29, 1.82) is 0 Å². The number of hydrogen-bond donors (Lipinski definition) is 1. The number of hydrogen-bond acceptors (Lipinski definition) is 6. The van der Waals surface area contributed by atoms with Crippen molar-refractivity contribution in [3.63, 3.8) is 0 Å². The normalized spacial score (nSPS) is 34.4. The van der Waals surface area contributed by atoms with Gasteiger partial charge in [0.05, 0.1) is 25.7 Å². The van der Waals surface area contributed by atoms with Gasteiger partial charge in [0, 0.05) is 5.92 Å². The van der Waals surface area contributed by atoms with E-state index in [0.717, 1.165) is 0 Å². The Bertz CT molecular complexity index is 512. The number of fused-ring (bicyclic) bond motifs is 1. The quantitative estimate of drug-likeness (QED) is 0.569. The molecular weight excluding hydrogens is 340 g/mol. The van der Waals surface area contributed by atoms with Crippen molar-refractivity contribution in [1.82, 2.24) is 0 Å². The van der Waals surface area contributed by atoms with Gasteiger partial charge >= 0.3 is 5.97 Å². The Morgan fingerprint density at radius 3 is 2.36 bits per heavy atom. The topological polar surface area (TPSA) is 74.2 Å². The summed E-state index contributed by atoms with van der Waals surface area (Å²) >= 11 is 0. The second-order valence-corrected chi connectivity index (χ2v) is 14.0. The summed E-state index contributed by atoms with van der Waals surface area (Å²) in [5.74, 6) is -1.49. The zero-order chi connectivity index (χ0) is 19.3. The summed E-state index contributed by atoms with van der Waals surface area (Å²) in [6.45, 7) is 16.6. The zero-order valence-electron chi connectivity index (χ0n) is 16.8. The van der Waals surface area contributed by atoms with Crippen LogP contribution in [0.1, 0.15) is 48.0 Å². The van der Waals surface area contributed by atoms with E-state index in [0.29, 0.717) is 6.61 Å². The minimum absolute atomic E-state index is 0.0372. The lowest BCUT2D eigenvalue weighted by Gasteiger charge is -2.53. The number of carbonyl (C=O) groups is 1. The molecule has 0 radical (unpaired) electrons. The monoisotopic (exact) mass is 374 g/mol. The van der Waals surface area contributed by atoms with Crippen LogP contribution in [-0.4, -0.2) is 56.2 Å². The van der Waals surface area contributed by atoms with Crippen LogP contribution >= 0.6 is 0 Å². The van der Waals surface area contributed by atoms with Crippen molar-refractivity contribution in [2.75, 3.05) is 13.2 Å². The summed E-state index contributed by atoms with van der Waals surface area (Å²) in [7, 11) is -2.03. The van der Waals surface area contributed by atoms with E-state index in [1.54, 1.807) is 6.92 Å². The fourth-order valence-corrected chi connectivity index (χ4v) is 4.27. The molecule has 2 fully saturated rings. The molecule has 6 nitrogen and oxygen atoms in total. The minimum Gasteiger partial charge on any atom is -0.466 e. The molecule has 146 valence electrons. The molecule has 0 aromatic heterocycles. The Morgan fingerprint density at radius 2 is 1.84 bits per heavy atom. The van der Waals surface area contributed by atoms with Crippen molar-refractivity contribution >= 4 is 14.3 Å². The molecule has 25 heavy (non-hydrogen) atoms. The minimum atomic E-state index is -2.03. The van der Waals surface area contributed by atoms with Crippen LogP contribution in [-0.2, 0) is 23.4 Å². The number of aliphatic hydroxyl groups is 1. The zero-order valence-corrected chi connectivity index (χ0v) is 17.8. The van der Waals surface area contributed by atoms with Gasteiger partial charge in [0.1, 0.15) is 11.7 Å². The molecule has 2 aliphatic rings. The number of esters is 1. The summed E-state index contributed by atoms with van der Waals surface area (Å²) in [5.41, 5.74) is -1.24. The molecule has 2 rings (SSSR count). The molecule has 0 bridgehead atoms. The summed E-state index contributed by atoms with van der Waals surface area (Å²) in [6, 6.07) is 0. The molecule has 1 saturated heterocycles. The fraction of sp³-hybridized carbons (Fsp3) is 0.944. The molecule has 0 aromatic rings. The summed E-state index contributed by atoms with van der Waals surface area (Å²) in [6.07, 6.45) is -0.689. The van der Waals surface area contributed by atoms with Crippen LogP contribution in [0.3, 0.4) is 0 Å². The highest BCUT2D eigenvalue weighted by Crippen LogP contribution is 2.53. The number of carbonyl (C=O) groups excluding carboxylic acids is 1. The maximum Gasteiger partial charge on any atom is 0.306 e. The van der Waals surface area contributed by atoms with Crippen LogP contribution in [0.5, 0.6) is 0 Å². The van der Waals surface area contributed by atoms with Crippen molar-refractivity contribution < 1.29 is 28.5 Å². The second-order valence-electron chi connectivity index (χ2n) is 9.18. The lowest BCUT2D eigenvalue weighted by molar-refractivity contribution is -0.233. The highest BCUT2D eigenvalue weighted by atomic mass is 28.4. The van der Waals surface area contributed by atoms with Crippen LogP contribution in [0.25, 0.3) is 0 Å². The van der Waals surface area contributed by atoms with Gasteiger partial charge < -0.3 is 23.7 Å². The predicted octanol–water partition coefficient (Wildman–Crippen LogP) is 2.84. The average molecular weight is 375 g/mol. The molecule has 0 aromatic carbocycles. The Kier molecular flexibility index (Phi) is 5.50. The van der Waals surface area contributed by atoms with Gasteiger partial charge in [-0.15, -0.1) is 0 Å². The Hall–Kier alpha value is -0.473. The lowest BCUT2D eigenvalue weighted by Crippen LogP contribution is -2.71. The Labute approximate surface area is 152 Å². The Morgan fingerprint density at radius 1 is 1.24 bits per heavy atom. The largest absolute Gasteiger partial charge is 0.466 e. The third-order valence-electron chi connectivity index (χ3n) is 5.82. The van der Waals surface area contributed by atoms with Gasteiger partial charge in [0.25, 0.3) is 0 Å². The molecule has 0 unspecified atom stereocenters. The molecule has 1 aliphatic heterocycles. The van der Waals surface area contributed by atoms with Crippen LogP contribution in [0.15, 0.2) is 0 Å². The molecule has 0 amide bonds. The first-order valence-corrected chi connectivity index (χ1v) is 12.0. The summed E-state index contributed by atoms with van der Waals surface area (Å²) in [4.78, 5) is 12.0. The highest BCUT2D eigenvalue weighted by molar-refractivity contribution is 6.74. The van der Waals surface area contributed by atoms with Crippen LogP contribution in [0.4, 0.5) is 0 Å². The number of ether oxygens (including phenoxy) is 3. The van der Waals surface area contributed by atoms with Crippen molar-refractivity contribution in [2.45, 2.75) is 89.7 Å². The van der Waals surface area contributed by atoms with Gasteiger partial charge in [-0.2, -0.15) is 0 Å². The van der Waals surface area contributed by atoms with E-state index >= 15 is 0 Å². The van der Waals surface area contributed by atoms with E-state index in [-0.39, 0.29) is 36.1 Å². The van der Waals surface area contributed by atoms with Crippen LogP contribution in [0.2, 0.25) is 18.1 Å². The van der Waals surface area contributed by atoms with Crippen molar-refractivity contribution in [3.8, 4) is 0 Å². The first kappa shape index (κ1) is 20.8. The number of rotatable bonds is 6. The lowest BCUT2D eigenvalue weighted by atomic mass is 9.63. The molecule has 1 N–H and O–H groups in total. The predicted molar refractivity (Wildman–Crippen MR) is 96.7 cm³/mol. The van der Waals surface area contributed by atoms with Gasteiger partial charge in [-0.3, -0.25) is 4.79 Å². The molecule has 1 heterocycles. The van der Waals surface area contributed by atoms with Crippen LogP contribution in [0, 0.1) is 5.92 Å². The molecule has 7 heteroatoms. The van der Waals surface area contributed by atoms with E-state index in [1.807, 2.05) is 13.8 Å². The van der Waals surface area contributed by atoms with E-state index in [9.17, 15) is 9.90 Å². The summed E-state index contributed by atoms with van der Waals surface area (Å²) < 4.78 is 23.1. The maximum atomic E-state index is 12.0. The standard InChI is InChI=1S/C18H34O6Si/c1-9-21-13(19)10-12-14-15(24-17(5,6)23-14)18(12,20)11-22-25(7,8)16(2,3)4/h12,14-15,20H,9-11H2,1-8H3/t12-,14+,15+,18+/m0/s1. The SMILES string of the molecule is CCOC(=O)C[C@H]1[C@H]2OC(C)(C)O[C@H]2[C@@]1(O)CO[Si](C)(C)C(C)(C)C. The van der Waals surface area contributed by atoms with E-state index in [2.05, 4.69) is 33.9 Å². The first-order chi connectivity index (χ1) is 11.2. The summed E-state index contributed by atoms with van der Waals surface area (Å²) in [5, 5.41) is 11.3. The fourth-order valence-electron chi connectivity index (χ4n) is 3.24. The van der Waals surface area contributed by atoms with E-state index in [1.165, 1.54) is 0 Å². The molecule has 4 atom stereocenters. The van der Waals surface area contributed by atoms with Crippen molar-refractivity contribution in [2.24, 2.45) is 5.92 Å². The highest BCUT2D eigenvalue weighted by Gasteiger charge is 2.69. The maximum absolute atomic E-state index is 12.0. The van der Waals surface area contributed by atoms with Gasteiger partial charge in [-0.1, -0.05) is 20.8 Å². The third-order valence-corrected chi connectivity index (χ3v) is 10.3. The van der Waals surface area contributed by atoms with Gasteiger partial charge in [-0.25, -0.2) is 0 Å². The molecular formula is C18H34O6Si. The average Bonchev–Trinajstić information content (AvgIpc) is 2.75.